The fourth-order valence-corrected chi connectivity index (χ4v) is 3.85. The van der Waals surface area contributed by atoms with E-state index >= 15 is 0 Å². The number of allylic oxidation sites excluding steroid dienone is 1. The first-order valence-corrected chi connectivity index (χ1v) is 12.9. The number of hydrogen-bond donors (Lipinski definition) is 0. The van der Waals surface area contributed by atoms with Crippen molar-refractivity contribution in [1.82, 2.24) is 0 Å². The van der Waals surface area contributed by atoms with Crippen LogP contribution in [0, 0.1) is 47.0 Å². The fourth-order valence-electron chi connectivity index (χ4n) is 3.85. The fraction of sp³-hybridized carbons (Fsp3) is 0.118. The second-order valence-corrected chi connectivity index (χ2v) is 9.30. The zero-order valence-electron chi connectivity index (χ0n) is 22.8. The summed E-state index contributed by atoms with van der Waals surface area (Å²) in [5, 5.41) is 0. The van der Waals surface area contributed by atoms with E-state index in [1.165, 1.54) is 6.07 Å². The summed E-state index contributed by atoms with van der Waals surface area (Å²) in [6.07, 6.45) is -6.13. The first-order chi connectivity index (χ1) is 21.2. The molecule has 0 N–H and O–H groups in total. The Kier molecular flexibility index (Phi) is 9.83. The molecule has 0 fully saturated rings. The topological polar surface area (TPSA) is 18.5 Å². The van der Waals surface area contributed by atoms with E-state index in [4.69, 9.17) is 0 Å². The van der Waals surface area contributed by atoms with Gasteiger partial charge < -0.3 is 9.47 Å². The standard InChI is InChI=1S/C34H19F9O2/c1-2-3-4-21-5-7-22(8-6-21)9-10-23-12-16-27(29(36)17-23)33(39,40)44-26-15-14-25(28(35)20-26)13-11-24-18-30(37)32(31(38)19-24)45-34(41,42)43/h2,5-8,12,14-20H,1,3-4H2. The van der Waals surface area contributed by atoms with Crippen molar-refractivity contribution in [1.29, 1.82) is 0 Å². The van der Waals surface area contributed by atoms with Crippen molar-refractivity contribution in [3.63, 3.8) is 0 Å². The Balaban J connectivity index is 1.46. The highest BCUT2D eigenvalue weighted by Gasteiger charge is 2.38. The van der Waals surface area contributed by atoms with Crippen molar-refractivity contribution in [3.8, 4) is 35.2 Å². The van der Waals surface area contributed by atoms with Crippen molar-refractivity contribution in [2.24, 2.45) is 0 Å². The van der Waals surface area contributed by atoms with Gasteiger partial charge in [-0.15, -0.1) is 19.8 Å². The minimum atomic E-state index is -5.35. The lowest BCUT2D eigenvalue weighted by molar-refractivity contribution is -0.276. The summed E-state index contributed by atoms with van der Waals surface area (Å²) in [6.45, 7) is 3.67. The van der Waals surface area contributed by atoms with Gasteiger partial charge in [-0.3, -0.25) is 0 Å². The first-order valence-electron chi connectivity index (χ1n) is 12.9. The van der Waals surface area contributed by atoms with Crippen molar-refractivity contribution in [2.45, 2.75) is 25.3 Å². The van der Waals surface area contributed by atoms with Gasteiger partial charge in [-0.05, 0) is 73.0 Å². The highest BCUT2D eigenvalue weighted by molar-refractivity contribution is 5.48. The lowest BCUT2D eigenvalue weighted by Crippen LogP contribution is -2.23. The van der Waals surface area contributed by atoms with E-state index in [1.807, 2.05) is 12.1 Å². The smallest absolute Gasteiger partial charge is 0.429 e. The van der Waals surface area contributed by atoms with E-state index in [0.29, 0.717) is 23.8 Å². The molecule has 0 aliphatic heterocycles. The van der Waals surface area contributed by atoms with E-state index in [-0.39, 0.29) is 5.56 Å². The minimum absolute atomic E-state index is 0.124. The molecule has 0 saturated heterocycles. The largest absolute Gasteiger partial charge is 0.573 e. The number of rotatable bonds is 7. The quantitative estimate of drug-likeness (QED) is 0.115. The van der Waals surface area contributed by atoms with Gasteiger partial charge in [0.2, 0.25) is 5.75 Å². The van der Waals surface area contributed by atoms with Gasteiger partial charge in [-0.1, -0.05) is 41.9 Å². The van der Waals surface area contributed by atoms with E-state index in [9.17, 15) is 39.5 Å². The molecule has 0 radical (unpaired) electrons. The van der Waals surface area contributed by atoms with Crippen LogP contribution in [-0.2, 0) is 12.5 Å². The molecule has 0 aliphatic carbocycles. The minimum Gasteiger partial charge on any atom is -0.429 e. The maximum absolute atomic E-state index is 14.8. The molecule has 0 aliphatic rings. The lowest BCUT2D eigenvalue weighted by atomic mass is 10.1. The summed E-state index contributed by atoms with van der Waals surface area (Å²) in [6, 6.07) is 13.3. The van der Waals surface area contributed by atoms with Gasteiger partial charge in [-0.25, -0.2) is 17.6 Å². The van der Waals surface area contributed by atoms with Crippen LogP contribution >= 0.6 is 0 Å². The predicted molar refractivity (Wildman–Crippen MR) is 147 cm³/mol. The van der Waals surface area contributed by atoms with Crippen LogP contribution in [-0.4, -0.2) is 6.36 Å². The Morgan fingerprint density at radius 1 is 0.622 bits per heavy atom. The Hall–Kier alpha value is -5.29. The normalized spacial score (nSPS) is 11.1. The average molecular weight is 631 g/mol. The second-order valence-electron chi connectivity index (χ2n) is 9.30. The number of aryl methyl sites for hydroxylation is 1. The van der Waals surface area contributed by atoms with E-state index < -0.39 is 63.9 Å². The monoisotopic (exact) mass is 630 g/mol. The maximum Gasteiger partial charge on any atom is 0.573 e. The number of ether oxygens (including phenoxy) is 2. The van der Waals surface area contributed by atoms with Gasteiger partial charge in [-0.2, -0.15) is 8.78 Å². The summed E-state index contributed by atoms with van der Waals surface area (Å²) in [4.78, 5) is 0. The van der Waals surface area contributed by atoms with Crippen LogP contribution in [0.1, 0.15) is 39.8 Å². The molecule has 230 valence electrons. The molecule has 2 nitrogen and oxygen atoms in total. The summed E-state index contributed by atoms with van der Waals surface area (Å²) in [5.74, 6) is 1.54. The highest BCUT2D eigenvalue weighted by atomic mass is 19.4. The van der Waals surface area contributed by atoms with E-state index in [0.717, 1.165) is 42.7 Å². The number of hydrogen-bond acceptors (Lipinski definition) is 2. The molecular weight excluding hydrogens is 611 g/mol. The van der Waals surface area contributed by atoms with Crippen LogP contribution in [0.5, 0.6) is 11.5 Å². The van der Waals surface area contributed by atoms with Crippen LogP contribution in [0.4, 0.5) is 39.5 Å². The molecule has 0 aromatic heterocycles. The van der Waals surface area contributed by atoms with E-state index in [2.05, 4.69) is 39.7 Å². The average Bonchev–Trinajstić information content (AvgIpc) is 2.96. The maximum atomic E-state index is 14.8. The molecule has 0 spiro atoms. The predicted octanol–water partition coefficient (Wildman–Crippen LogP) is 9.19. The molecule has 0 amide bonds. The third-order valence-corrected chi connectivity index (χ3v) is 5.97. The Morgan fingerprint density at radius 3 is 1.82 bits per heavy atom. The first kappa shape index (κ1) is 32.6. The molecule has 45 heavy (non-hydrogen) atoms. The summed E-state index contributed by atoms with van der Waals surface area (Å²) >= 11 is 0. The number of halogens is 9. The van der Waals surface area contributed by atoms with E-state index in [1.54, 1.807) is 18.2 Å². The zero-order chi connectivity index (χ0) is 32.8. The molecule has 0 saturated carbocycles. The SMILES string of the molecule is C=CCCc1ccc(C#Cc2ccc(C(F)(F)Oc3ccc(C#Cc4cc(F)c(OC(F)(F)F)c(F)c4)c(F)c3)c(F)c2)cc1. The van der Waals surface area contributed by atoms with Gasteiger partial charge in [0.15, 0.2) is 11.6 Å². The Labute approximate surface area is 251 Å². The van der Waals surface area contributed by atoms with Gasteiger partial charge in [0.1, 0.15) is 22.9 Å². The summed E-state index contributed by atoms with van der Waals surface area (Å²) in [5.41, 5.74) is -0.182. The van der Waals surface area contributed by atoms with Crippen molar-refractivity contribution in [3.05, 3.63) is 142 Å². The van der Waals surface area contributed by atoms with Crippen LogP contribution in [0.15, 0.2) is 85.5 Å². The molecule has 0 bridgehead atoms. The molecule has 11 heteroatoms. The van der Waals surface area contributed by atoms with Gasteiger partial charge in [0, 0.05) is 22.8 Å². The van der Waals surface area contributed by atoms with Crippen LogP contribution in [0.2, 0.25) is 0 Å². The molecule has 4 aromatic carbocycles. The Morgan fingerprint density at radius 2 is 1.22 bits per heavy atom. The molecular formula is C34H19F9O2. The Bertz CT molecular complexity index is 1820. The van der Waals surface area contributed by atoms with Crippen LogP contribution < -0.4 is 9.47 Å². The van der Waals surface area contributed by atoms with Gasteiger partial charge in [0.25, 0.3) is 0 Å². The molecule has 0 heterocycles. The highest BCUT2D eigenvalue weighted by Crippen LogP contribution is 2.34. The lowest BCUT2D eigenvalue weighted by Gasteiger charge is -2.19. The van der Waals surface area contributed by atoms with Gasteiger partial charge in [0.05, 0.1) is 5.56 Å². The molecule has 0 unspecified atom stereocenters. The zero-order valence-corrected chi connectivity index (χ0v) is 22.8. The third kappa shape index (κ3) is 8.87. The summed E-state index contributed by atoms with van der Waals surface area (Å²) in [7, 11) is 0. The van der Waals surface area contributed by atoms with Crippen LogP contribution in [0.3, 0.4) is 0 Å². The molecule has 0 atom stereocenters. The summed E-state index contributed by atoms with van der Waals surface area (Å²) < 4.78 is 131. The second kappa shape index (κ2) is 13.6. The third-order valence-electron chi connectivity index (χ3n) is 5.97. The van der Waals surface area contributed by atoms with Crippen LogP contribution in [0.25, 0.3) is 0 Å². The van der Waals surface area contributed by atoms with Gasteiger partial charge >= 0.3 is 12.5 Å². The molecule has 4 aromatic rings. The molecule has 4 rings (SSSR count). The number of alkyl halides is 5. The van der Waals surface area contributed by atoms with Crippen molar-refractivity contribution < 1.29 is 49.0 Å². The number of benzene rings is 4. The van der Waals surface area contributed by atoms with Crippen molar-refractivity contribution >= 4 is 0 Å². The van der Waals surface area contributed by atoms with Crippen molar-refractivity contribution in [2.75, 3.05) is 0 Å².